The molecule has 1 aliphatic rings. The highest BCUT2D eigenvalue weighted by Crippen LogP contribution is 2.39. The van der Waals surface area contributed by atoms with Gasteiger partial charge in [0.05, 0.1) is 4.90 Å². The molecule has 1 aromatic carbocycles. The highest BCUT2D eigenvalue weighted by molar-refractivity contribution is 7.93. The van der Waals surface area contributed by atoms with Crippen LogP contribution in [0.4, 0.5) is 5.69 Å². The fourth-order valence-electron chi connectivity index (χ4n) is 2.99. The maximum absolute atomic E-state index is 13.0. The summed E-state index contributed by atoms with van der Waals surface area (Å²) in [5.41, 5.74) is 2.43. The number of carbonyl (C=O) groups excluding carboxylic acids is 1. The number of rotatable bonds is 4. The van der Waals surface area contributed by atoms with Crippen molar-refractivity contribution in [3.8, 4) is 0 Å². The maximum Gasteiger partial charge on any atom is 0.265 e. The zero-order chi connectivity index (χ0) is 16.4. The van der Waals surface area contributed by atoms with E-state index in [1.807, 2.05) is 19.0 Å². The molecule has 0 heterocycles. The number of hydrogen-bond acceptors (Lipinski definition) is 5. The van der Waals surface area contributed by atoms with Crippen LogP contribution in [0.1, 0.15) is 32.1 Å². The third-order valence-electron chi connectivity index (χ3n) is 4.35. The number of carbonyl (C=O) groups is 1. The van der Waals surface area contributed by atoms with Crippen LogP contribution in [0.25, 0.3) is 0 Å². The summed E-state index contributed by atoms with van der Waals surface area (Å²) < 4.78 is 24.4. The number of sulfone groups is 1. The van der Waals surface area contributed by atoms with E-state index in [4.69, 9.17) is 5.21 Å². The van der Waals surface area contributed by atoms with E-state index in [9.17, 15) is 13.2 Å². The van der Waals surface area contributed by atoms with E-state index >= 15 is 0 Å². The molecule has 1 aromatic rings. The molecule has 1 amide bonds. The van der Waals surface area contributed by atoms with Crippen LogP contribution in [0.2, 0.25) is 0 Å². The number of hydrogen-bond donors (Lipinski definition) is 2. The van der Waals surface area contributed by atoms with E-state index in [-0.39, 0.29) is 17.7 Å². The molecule has 0 unspecified atom stereocenters. The molecule has 1 aliphatic carbocycles. The Morgan fingerprint density at radius 2 is 1.68 bits per heavy atom. The van der Waals surface area contributed by atoms with Gasteiger partial charge in [-0.3, -0.25) is 10.0 Å². The minimum absolute atomic E-state index is 0.114. The number of nitrogens with one attached hydrogen (secondary N) is 1. The van der Waals surface area contributed by atoms with Crippen molar-refractivity contribution in [1.82, 2.24) is 5.48 Å². The lowest BCUT2D eigenvalue weighted by atomic mass is 9.88. The van der Waals surface area contributed by atoms with Crippen LogP contribution in [0.5, 0.6) is 0 Å². The molecular formula is C15H22N2O4S. The van der Waals surface area contributed by atoms with Gasteiger partial charge in [-0.05, 0) is 37.1 Å². The molecule has 0 bridgehead atoms. The smallest absolute Gasteiger partial charge is 0.265 e. The van der Waals surface area contributed by atoms with E-state index in [0.717, 1.165) is 12.1 Å². The van der Waals surface area contributed by atoms with Crippen LogP contribution in [0.3, 0.4) is 0 Å². The first-order valence-corrected chi connectivity index (χ1v) is 8.80. The average Bonchev–Trinajstić information content (AvgIpc) is 2.54. The highest BCUT2D eigenvalue weighted by atomic mass is 32.2. The fourth-order valence-corrected chi connectivity index (χ4v) is 5.05. The Labute approximate surface area is 131 Å². The van der Waals surface area contributed by atoms with Crippen molar-refractivity contribution in [2.24, 2.45) is 0 Å². The van der Waals surface area contributed by atoms with Crippen LogP contribution in [0.15, 0.2) is 29.2 Å². The van der Waals surface area contributed by atoms with Crippen molar-refractivity contribution in [3.63, 3.8) is 0 Å². The van der Waals surface area contributed by atoms with Gasteiger partial charge in [0.2, 0.25) is 0 Å². The second kappa shape index (κ2) is 6.26. The number of benzene rings is 1. The van der Waals surface area contributed by atoms with Crippen molar-refractivity contribution in [1.29, 1.82) is 0 Å². The zero-order valence-corrected chi connectivity index (χ0v) is 13.7. The molecule has 2 rings (SSSR count). The standard InChI is InChI=1S/C15H22N2O4S/c1-17(2)12-6-8-13(9-7-12)22(20,21)15(14(18)16-19)10-4-3-5-11-15/h6-9,19H,3-5,10-11H2,1-2H3,(H,16,18). The Bertz CT molecular complexity index is 632. The lowest BCUT2D eigenvalue weighted by molar-refractivity contribution is -0.132. The highest BCUT2D eigenvalue weighted by Gasteiger charge is 2.51. The number of nitrogens with zero attached hydrogens (tertiary/aromatic N) is 1. The van der Waals surface area contributed by atoms with Crippen LogP contribution < -0.4 is 10.4 Å². The summed E-state index contributed by atoms with van der Waals surface area (Å²) in [7, 11) is -0.135. The first kappa shape index (κ1) is 16.8. The van der Waals surface area contributed by atoms with Crippen molar-refractivity contribution in [2.45, 2.75) is 41.7 Å². The Morgan fingerprint density at radius 3 is 2.14 bits per heavy atom. The predicted octanol–water partition coefficient (Wildman–Crippen LogP) is 1.73. The molecule has 22 heavy (non-hydrogen) atoms. The quantitative estimate of drug-likeness (QED) is 0.650. The first-order chi connectivity index (χ1) is 10.3. The van der Waals surface area contributed by atoms with Crippen molar-refractivity contribution in [2.75, 3.05) is 19.0 Å². The molecule has 1 saturated carbocycles. The number of anilines is 1. The molecule has 0 atom stereocenters. The molecule has 0 saturated heterocycles. The van der Waals surface area contributed by atoms with Gasteiger partial charge in [0.25, 0.3) is 5.91 Å². The largest absolute Gasteiger partial charge is 0.378 e. The minimum atomic E-state index is -3.87. The summed E-state index contributed by atoms with van der Waals surface area (Å²) in [6.07, 6.45) is 2.68. The van der Waals surface area contributed by atoms with Gasteiger partial charge < -0.3 is 4.90 Å². The van der Waals surface area contributed by atoms with Gasteiger partial charge in [0.1, 0.15) is 0 Å². The van der Waals surface area contributed by atoms with E-state index in [0.29, 0.717) is 12.8 Å². The molecule has 2 N–H and O–H groups in total. The average molecular weight is 326 g/mol. The molecule has 6 nitrogen and oxygen atoms in total. The monoisotopic (exact) mass is 326 g/mol. The fraction of sp³-hybridized carbons (Fsp3) is 0.533. The third kappa shape index (κ3) is 2.70. The van der Waals surface area contributed by atoms with E-state index in [1.54, 1.807) is 17.6 Å². The SMILES string of the molecule is CN(C)c1ccc(S(=O)(=O)C2(C(=O)NO)CCCCC2)cc1. The van der Waals surface area contributed by atoms with Crippen LogP contribution in [-0.2, 0) is 14.6 Å². The Hall–Kier alpha value is -1.60. The van der Waals surface area contributed by atoms with Gasteiger partial charge >= 0.3 is 0 Å². The summed E-state index contributed by atoms with van der Waals surface area (Å²) in [6.45, 7) is 0. The summed E-state index contributed by atoms with van der Waals surface area (Å²) in [6, 6.07) is 6.46. The number of amides is 1. The first-order valence-electron chi connectivity index (χ1n) is 7.32. The Kier molecular flexibility index (Phi) is 4.77. The summed E-state index contributed by atoms with van der Waals surface area (Å²) in [5, 5.41) is 9.01. The van der Waals surface area contributed by atoms with E-state index in [1.165, 1.54) is 12.1 Å². The predicted molar refractivity (Wildman–Crippen MR) is 83.7 cm³/mol. The van der Waals surface area contributed by atoms with Gasteiger partial charge in [-0.2, -0.15) is 0 Å². The minimum Gasteiger partial charge on any atom is -0.378 e. The topological polar surface area (TPSA) is 86.7 Å². The summed E-state index contributed by atoms with van der Waals surface area (Å²) in [4.78, 5) is 14.1. The van der Waals surface area contributed by atoms with Crippen molar-refractivity contribution in [3.05, 3.63) is 24.3 Å². The second-order valence-corrected chi connectivity index (χ2v) is 8.15. The van der Waals surface area contributed by atoms with Gasteiger partial charge in [0, 0.05) is 19.8 Å². The molecule has 1 fully saturated rings. The van der Waals surface area contributed by atoms with Gasteiger partial charge in [-0.25, -0.2) is 13.9 Å². The summed E-state index contributed by atoms with van der Waals surface area (Å²) in [5.74, 6) is -0.830. The van der Waals surface area contributed by atoms with Crippen LogP contribution in [-0.4, -0.2) is 38.4 Å². The molecule has 122 valence electrons. The van der Waals surface area contributed by atoms with Gasteiger partial charge in [0.15, 0.2) is 14.6 Å². The Morgan fingerprint density at radius 1 is 1.14 bits per heavy atom. The number of hydroxylamine groups is 1. The van der Waals surface area contributed by atoms with Crippen LogP contribution >= 0.6 is 0 Å². The molecule has 0 radical (unpaired) electrons. The summed E-state index contributed by atoms with van der Waals surface area (Å²) >= 11 is 0. The lowest BCUT2D eigenvalue weighted by Crippen LogP contribution is -2.52. The zero-order valence-electron chi connectivity index (χ0n) is 12.9. The third-order valence-corrected chi connectivity index (χ3v) is 6.87. The lowest BCUT2D eigenvalue weighted by Gasteiger charge is -2.34. The van der Waals surface area contributed by atoms with Crippen LogP contribution in [0, 0.1) is 0 Å². The molecule has 0 aromatic heterocycles. The van der Waals surface area contributed by atoms with E-state index in [2.05, 4.69) is 0 Å². The second-order valence-electron chi connectivity index (χ2n) is 5.89. The normalized spacial score (nSPS) is 17.8. The molecule has 0 spiro atoms. The molecule has 0 aliphatic heterocycles. The van der Waals surface area contributed by atoms with E-state index < -0.39 is 20.5 Å². The molecular weight excluding hydrogens is 304 g/mol. The van der Waals surface area contributed by atoms with Gasteiger partial charge in [-0.1, -0.05) is 19.3 Å². The Balaban J connectivity index is 2.47. The van der Waals surface area contributed by atoms with Crippen molar-refractivity contribution >= 4 is 21.4 Å². The maximum atomic E-state index is 13.0. The van der Waals surface area contributed by atoms with Crippen molar-refractivity contribution < 1.29 is 18.4 Å². The molecule has 7 heteroatoms. The van der Waals surface area contributed by atoms with Gasteiger partial charge in [-0.15, -0.1) is 0 Å².